The number of fused-ring (bicyclic) bond motifs is 7. The quantitative estimate of drug-likeness (QED) is 0.230. The maximum absolute atomic E-state index is 3.53. The van der Waals surface area contributed by atoms with Gasteiger partial charge >= 0.3 is 0 Å². The predicted molar refractivity (Wildman–Crippen MR) is 94.1 cm³/mol. The van der Waals surface area contributed by atoms with Gasteiger partial charge in [-0.15, -0.1) is 12.0 Å². The fraction of sp³-hybridized carbons (Fsp3) is 0.227. The Labute approximate surface area is 136 Å². The Hall–Kier alpha value is -3.41. The predicted octanol–water partition coefficient (Wildman–Crippen LogP) is 4.31. The van der Waals surface area contributed by atoms with Gasteiger partial charge in [-0.2, -0.15) is 10.1 Å². The molecule has 0 saturated heterocycles. The summed E-state index contributed by atoms with van der Waals surface area (Å²) < 4.78 is 2.36. The summed E-state index contributed by atoms with van der Waals surface area (Å²) in [6.07, 6.45) is 5.53. The van der Waals surface area contributed by atoms with Gasteiger partial charge in [-0.25, -0.2) is 5.57 Å². The second-order valence-corrected chi connectivity index (χ2v) is 6.86. The van der Waals surface area contributed by atoms with Crippen molar-refractivity contribution in [3.8, 4) is 11.3 Å². The molecular weight excluding hydrogens is 525 g/mol. The van der Waals surface area contributed by atoms with Crippen molar-refractivity contribution in [1.82, 2.24) is 0 Å². The summed E-state index contributed by atoms with van der Waals surface area (Å²) in [6, 6.07) is 13.7. The third kappa shape index (κ3) is 1.57. The topological polar surface area (TPSA) is 3.88 Å². The van der Waals surface area contributed by atoms with E-state index < -0.39 is 0 Å². The van der Waals surface area contributed by atoms with Crippen molar-refractivity contribution in [2.24, 2.45) is 7.05 Å². The molecule has 2 aliphatic rings. The minimum atomic E-state index is 0. The van der Waals surface area contributed by atoms with Crippen LogP contribution in [0.5, 0.6) is 0 Å². The van der Waals surface area contributed by atoms with Crippen molar-refractivity contribution >= 4 is 16.3 Å². The molecule has 0 aliphatic heterocycles. The summed E-state index contributed by atoms with van der Waals surface area (Å²) in [5, 5.41) is 2.78. The van der Waals surface area contributed by atoms with E-state index in [1.165, 1.54) is 55.6 Å². The van der Waals surface area contributed by atoms with Gasteiger partial charge in [-0.05, 0) is 17.0 Å². The Morgan fingerprint density at radius 2 is 1.58 bits per heavy atom. The Morgan fingerprint density at radius 1 is 0.875 bits per heavy atom. The molecule has 1 radical (unpaired) electrons. The number of allylic oxidation sites excluding steroid dienone is 2. The van der Waals surface area contributed by atoms with Crippen molar-refractivity contribution in [2.45, 2.75) is 26.7 Å². The van der Waals surface area contributed by atoms with Crippen molar-refractivity contribution in [3.63, 3.8) is 0 Å². The zero-order valence-electron chi connectivity index (χ0n) is 14.2. The molecule has 2 heteroatoms. The number of benzene rings is 2. The van der Waals surface area contributed by atoms with Crippen molar-refractivity contribution in [2.75, 3.05) is 0 Å². The van der Waals surface area contributed by atoms with E-state index in [0.29, 0.717) is 0 Å². The molecule has 24 heavy (non-hydrogen) atoms. The summed E-state index contributed by atoms with van der Waals surface area (Å²) >= 11 is 0. The van der Waals surface area contributed by atoms with E-state index in [1.54, 1.807) is 0 Å². The Balaban J connectivity index is 0.00000146. The standard InChI is InChI=1S/C22H19N.Bk/c1-13-4-6-15-8-9-16-10-11-17-12-18-7-5-14(2)23(3)22(18)21(17)20(16)19(13)15;/h5,7-11H,6,12H2,1-3H3;. The number of pyridine rings is 1. The molecular formula is C22H19BkN. The van der Waals surface area contributed by atoms with Crippen LogP contribution in [0.3, 0.4) is 0 Å². The first-order chi connectivity index (χ1) is 11.1. The van der Waals surface area contributed by atoms with Crippen LogP contribution in [0.25, 0.3) is 27.6 Å². The van der Waals surface area contributed by atoms with Gasteiger partial charge in [-0.3, -0.25) is 6.08 Å². The van der Waals surface area contributed by atoms with Crippen LogP contribution in [0.15, 0.2) is 36.4 Å². The molecule has 2 aliphatic carbocycles. The molecule has 0 N–H and O–H groups in total. The molecule has 0 atom stereocenters. The first-order valence-corrected chi connectivity index (χ1v) is 8.29. The molecule has 0 spiro atoms. The largest absolute Gasteiger partial charge is 0.269 e. The van der Waals surface area contributed by atoms with E-state index in [-0.39, 0.29) is 0 Å². The Morgan fingerprint density at radius 3 is 2.38 bits per heavy atom. The normalized spacial score (nSPS) is 14.0. The molecule has 1 aromatic heterocycles. The molecule has 0 bridgehead atoms. The fourth-order valence-electron chi connectivity index (χ4n) is 4.29. The van der Waals surface area contributed by atoms with E-state index in [2.05, 4.69) is 67.9 Å². The molecule has 0 amide bonds. The molecule has 1 heterocycles. The smallest absolute Gasteiger partial charge is 0.215 e. The van der Waals surface area contributed by atoms with Crippen LogP contribution in [0.4, 0.5) is 0 Å². The number of aryl methyl sites for hydroxylation is 1. The van der Waals surface area contributed by atoms with Gasteiger partial charge in [-0.1, -0.05) is 36.6 Å². The third-order valence-corrected chi connectivity index (χ3v) is 5.59. The Bertz CT molecular complexity index is 1040. The van der Waals surface area contributed by atoms with Gasteiger partial charge < -0.3 is 0 Å². The zero-order valence-corrected chi connectivity index (χ0v) is 16.9. The van der Waals surface area contributed by atoms with E-state index in [4.69, 9.17) is 0 Å². The second-order valence-electron chi connectivity index (χ2n) is 6.86. The zero-order chi connectivity index (χ0) is 15.7. The fourth-order valence-corrected chi connectivity index (χ4v) is 4.29. The molecule has 3 aromatic rings. The van der Waals surface area contributed by atoms with Crippen LogP contribution in [0.1, 0.15) is 34.9 Å². The van der Waals surface area contributed by atoms with Gasteiger partial charge in [0.05, 0.1) is 0 Å². The molecule has 2 aromatic carbocycles. The van der Waals surface area contributed by atoms with Crippen LogP contribution in [0.2, 0.25) is 0 Å². The third-order valence-electron chi connectivity index (χ3n) is 5.59. The van der Waals surface area contributed by atoms with Crippen LogP contribution in [-0.2, 0) is 19.9 Å². The molecule has 0 unspecified atom stereocenters. The number of rotatable bonds is 0. The first-order valence-electron chi connectivity index (χ1n) is 8.29. The average Bonchev–Trinajstić information content (AvgIpc) is 3.12. The monoisotopic (exact) mass is 544 g/mol. The minimum absolute atomic E-state index is 0. The number of hydrogen-bond donors (Lipinski definition) is 0. The van der Waals surface area contributed by atoms with Gasteiger partial charge in [0.1, 0.15) is 7.05 Å². The summed E-state index contributed by atoms with van der Waals surface area (Å²) in [4.78, 5) is 0. The SMILES string of the molecule is CC1=[C-]Cc2ccc3ccc4c(c3c21)-c1c(ccc(C)[n+]1C)C4.[Bk]. The Kier molecular flexibility index (Phi) is 2.69. The molecule has 121 valence electrons. The maximum atomic E-state index is 3.53. The first kappa shape index (κ1) is 14.2. The summed E-state index contributed by atoms with van der Waals surface area (Å²) in [5.41, 5.74) is 11.2. The van der Waals surface area contributed by atoms with E-state index in [9.17, 15) is 0 Å². The molecule has 0 saturated carbocycles. The van der Waals surface area contributed by atoms with Gasteiger partial charge in [0.25, 0.3) is 0 Å². The second kappa shape index (κ2) is 4.55. The number of hydrogen-bond acceptors (Lipinski definition) is 0. The van der Waals surface area contributed by atoms with Crippen molar-refractivity contribution < 1.29 is 4.57 Å². The van der Waals surface area contributed by atoms with E-state index in [1.807, 2.05) is 0 Å². The summed E-state index contributed by atoms with van der Waals surface area (Å²) in [5.74, 6) is 0. The van der Waals surface area contributed by atoms with Crippen LogP contribution >= 0.6 is 0 Å². The van der Waals surface area contributed by atoms with Crippen LogP contribution in [0, 0.1) is 13.0 Å². The van der Waals surface area contributed by atoms with Gasteiger partial charge in [0.2, 0.25) is 5.69 Å². The molecule has 5 rings (SSSR count). The van der Waals surface area contributed by atoms with E-state index >= 15 is 0 Å². The summed E-state index contributed by atoms with van der Waals surface area (Å²) in [7, 11) is 2.19. The van der Waals surface area contributed by atoms with Crippen LogP contribution in [-0.4, -0.2) is 0 Å². The van der Waals surface area contributed by atoms with Crippen molar-refractivity contribution in [1.29, 1.82) is 0 Å². The van der Waals surface area contributed by atoms with E-state index in [0.717, 1.165) is 12.8 Å². The number of nitrogens with zero attached hydrogens (tertiary/aromatic N) is 1. The molecule has 1 nitrogen and oxygen atoms in total. The average molecular weight is 544 g/mol. The summed E-state index contributed by atoms with van der Waals surface area (Å²) in [6.45, 7) is 4.39. The maximum Gasteiger partial charge on any atom is 0.215 e. The van der Waals surface area contributed by atoms with Gasteiger partial charge in [0.15, 0.2) is 5.69 Å². The van der Waals surface area contributed by atoms with Gasteiger partial charge in [0, 0.05) is 30.5 Å². The number of aromatic nitrogens is 1. The minimum Gasteiger partial charge on any atom is -0.269 e. The van der Waals surface area contributed by atoms with Crippen molar-refractivity contribution in [3.05, 3.63) is 70.4 Å². The molecule has 0 fully saturated rings. The van der Waals surface area contributed by atoms with Crippen LogP contribution < -0.4 is 4.57 Å².